The van der Waals surface area contributed by atoms with Crippen molar-refractivity contribution in [1.29, 1.82) is 0 Å². The van der Waals surface area contributed by atoms with Gasteiger partial charge in [-0.05, 0) is 18.2 Å². The minimum absolute atomic E-state index is 0.0685. The molecule has 1 aromatic carbocycles. The van der Waals surface area contributed by atoms with Gasteiger partial charge in [0.2, 0.25) is 5.91 Å². The fraction of sp³-hybridized carbons (Fsp3) is 0.421. The lowest BCUT2D eigenvalue weighted by atomic mass is 9.94. The van der Waals surface area contributed by atoms with Gasteiger partial charge < -0.3 is 14.4 Å². The molecule has 2 heterocycles. The third kappa shape index (κ3) is 3.56. The van der Waals surface area contributed by atoms with E-state index in [0.29, 0.717) is 26.2 Å². The third-order valence-corrected chi connectivity index (χ3v) is 4.60. The van der Waals surface area contributed by atoms with Crippen LogP contribution in [0.4, 0.5) is 11.4 Å². The summed E-state index contributed by atoms with van der Waals surface area (Å²) in [5.41, 5.74) is 1.40. The monoisotopic (exact) mass is 356 g/mol. The highest BCUT2D eigenvalue weighted by atomic mass is 16.6. The van der Waals surface area contributed by atoms with Gasteiger partial charge in [-0.2, -0.15) is 0 Å². The van der Waals surface area contributed by atoms with Gasteiger partial charge in [0, 0.05) is 56.1 Å². The molecule has 1 aliphatic rings. The first-order valence-electron chi connectivity index (χ1n) is 8.73. The van der Waals surface area contributed by atoms with Crippen molar-refractivity contribution in [1.82, 2.24) is 9.47 Å². The van der Waals surface area contributed by atoms with Crippen molar-refractivity contribution in [3.05, 3.63) is 52.8 Å². The molecule has 2 aromatic rings. The molecule has 1 aliphatic heterocycles. The molecule has 0 radical (unpaired) electrons. The average Bonchev–Trinajstić information content (AvgIpc) is 3.14. The quantitative estimate of drug-likeness (QED) is 0.626. The van der Waals surface area contributed by atoms with Crippen molar-refractivity contribution in [2.45, 2.75) is 20.8 Å². The molecule has 138 valence electrons. The molecule has 3 rings (SSSR count). The molecule has 0 bridgehead atoms. The van der Waals surface area contributed by atoms with Crippen molar-refractivity contribution >= 4 is 17.3 Å². The Hall–Kier alpha value is -2.83. The summed E-state index contributed by atoms with van der Waals surface area (Å²) in [6.07, 6.45) is 3.75. The van der Waals surface area contributed by atoms with Gasteiger partial charge in [-0.1, -0.05) is 20.8 Å². The predicted octanol–water partition coefficient (Wildman–Crippen LogP) is 3.08. The zero-order valence-electron chi connectivity index (χ0n) is 15.4. The van der Waals surface area contributed by atoms with Crippen LogP contribution in [0, 0.1) is 15.5 Å². The van der Waals surface area contributed by atoms with Crippen LogP contribution in [0.25, 0.3) is 5.69 Å². The molecule has 7 nitrogen and oxygen atoms in total. The summed E-state index contributed by atoms with van der Waals surface area (Å²) < 4.78 is 1.88. The van der Waals surface area contributed by atoms with Crippen LogP contribution in [0.2, 0.25) is 0 Å². The maximum absolute atomic E-state index is 12.5. The highest BCUT2D eigenvalue weighted by Crippen LogP contribution is 2.30. The van der Waals surface area contributed by atoms with E-state index in [1.165, 1.54) is 6.07 Å². The van der Waals surface area contributed by atoms with E-state index in [1.54, 1.807) is 12.1 Å². The Labute approximate surface area is 153 Å². The van der Waals surface area contributed by atoms with Crippen molar-refractivity contribution < 1.29 is 9.72 Å². The van der Waals surface area contributed by atoms with Crippen LogP contribution in [-0.4, -0.2) is 46.5 Å². The van der Waals surface area contributed by atoms with Gasteiger partial charge in [-0.15, -0.1) is 0 Å². The number of hydrogen-bond acceptors (Lipinski definition) is 4. The number of amides is 1. The Kier molecular flexibility index (Phi) is 4.71. The molecule has 1 saturated heterocycles. The van der Waals surface area contributed by atoms with Gasteiger partial charge in [0.25, 0.3) is 5.69 Å². The Morgan fingerprint density at radius 1 is 1.04 bits per heavy atom. The summed E-state index contributed by atoms with van der Waals surface area (Å²) in [4.78, 5) is 27.3. The standard InChI is InChI=1S/C19H24N4O3/c1-19(2,3)18(24)22-12-10-21(11-13-22)16-7-6-15(23(25)26)14-17(16)20-8-4-5-9-20/h4-9,14H,10-13H2,1-3H3. The van der Waals surface area contributed by atoms with Gasteiger partial charge >= 0.3 is 0 Å². The Morgan fingerprint density at radius 2 is 1.65 bits per heavy atom. The molecule has 1 amide bonds. The number of nitro groups is 1. The number of rotatable bonds is 3. The first-order valence-corrected chi connectivity index (χ1v) is 8.73. The minimum Gasteiger partial charge on any atom is -0.366 e. The second kappa shape index (κ2) is 6.82. The average molecular weight is 356 g/mol. The smallest absolute Gasteiger partial charge is 0.271 e. The largest absolute Gasteiger partial charge is 0.366 e. The third-order valence-electron chi connectivity index (χ3n) is 4.60. The van der Waals surface area contributed by atoms with E-state index in [4.69, 9.17) is 0 Å². The summed E-state index contributed by atoms with van der Waals surface area (Å²) in [5.74, 6) is 0.159. The number of benzene rings is 1. The topological polar surface area (TPSA) is 71.6 Å². The molecule has 0 atom stereocenters. The van der Waals surface area contributed by atoms with E-state index in [9.17, 15) is 14.9 Å². The molecule has 0 spiro atoms. The van der Waals surface area contributed by atoms with Crippen LogP contribution in [-0.2, 0) is 4.79 Å². The van der Waals surface area contributed by atoms with Crippen LogP contribution in [0.3, 0.4) is 0 Å². The van der Waals surface area contributed by atoms with E-state index < -0.39 is 0 Å². The summed E-state index contributed by atoms with van der Waals surface area (Å²) in [6.45, 7) is 8.50. The zero-order valence-corrected chi connectivity index (χ0v) is 15.4. The molecular formula is C19H24N4O3. The molecule has 7 heteroatoms. The molecule has 0 saturated carbocycles. The number of nitro benzene ring substituents is 1. The van der Waals surface area contributed by atoms with E-state index >= 15 is 0 Å². The van der Waals surface area contributed by atoms with E-state index in [2.05, 4.69) is 4.90 Å². The summed E-state index contributed by atoms with van der Waals surface area (Å²) >= 11 is 0. The molecule has 0 unspecified atom stereocenters. The molecule has 1 fully saturated rings. The summed E-state index contributed by atoms with van der Waals surface area (Å²) in [7, 11) is 0. The number of aromatic nitrogens is 1. The minimum atomic E-state index is -0.383. The van der Waals surface area contributed by atoms with Gasteiger partial charge in [0.15, 0.2) is 0 Å². The van der Waals surface area contributed by atoms with Gasteiger partial charge in [-0.3, -0.25) is 14.9 Å². The summed E-state index contributed by atoms with van der Waals surface area (Å²) in [6, 6.07) is 8.72. The van der Waals surface area contributed by atoms with Crippen molar-refractivity contribution in [2.75, 3.05) is 31.1 Å². The SMILES string of the molecule is CC(C)(C)C(=O)N1CCN(c2ccc([N+](=O)[O-])cc2-n2cccc2)CC1. The van der Waals surface area contributed by atoms with Crippen LogP contribution < -0.4 is 4.90 Å². The molecule has 0 aliphatic carbocycles. The van der Waals surface area contributed by atoms with Crippen LogP contribution in [0.5, 0.6) is 0 Å². The Morgan fingerprint density at radius 3 is 2.19 bits per heavy atom. The highest BCUT2D eigenvalue weighted by molar-refractivity contribution is 5.82. The number of anilines is 1. The Bertz CT molecular complexity index is 801. The van der Waals surface area contributed by atoms with Crippen molar-refractivity contribution in [3.63, 3.8) is 0 Å². The van der Waals surface area contributed by atoms with Gasteiger partial charge in [0.1, 0.15) is 0 Å². The normalized spacial score (nSPS) is 15.2. The number of piperazine rings is 1. The van der Waals surface area contributed by atoms with Crippen LogP contribution >= 0.6 is 0 Å². The first-order chi connectivity index (χ1) is 12.3. The maximum Gasteiger partial charge on any atom is 0.271 e. The lowest BCUT2D eigenvalue weighted by molar-refractivity contribution is -0.384. The summed E-state index contributed by atoms with van der Waals surface area (Å²) in [5, 5.41) is 11.2. The van der Waals surface area contributed by atoms with E-state index in [-0.39, 0.29) is 21.9 Å². The van der Waals surface area contributed by atoms with Gasteiger partial charge in [0.05, 0.1) is 16.3 Å². The van der Waals surface area contributed by atoms with Crippen molar-refractivity contribution in [2.24, 2.45) is 5.41 Å². The fourth-order valence-corrected chi connectivity index (χ4v) is 3.22. The second-order valence-electron chi connectivity index (χ2n) is 7.55. The number of non-ortho nitro benzene ring substituents is 1. The van der Waals surface area contributed by atoms with Crippen molar-refractivity contribution in [3.8, 4) is 5.69 Å². The lowest BCUT2D eigenvalue weighted by Crippen LogP contribution is -2.51. The number of hydrogen-bond donors (Lipinski definition) is 0. The predicted molar refractivity (Wildman–Crippen MR) is 101 cm³/mol. The lowest BCUT2D eigenvalue weighted by Gasteiger charge is -2.39. The highest BCUT2D eigenvalue weighted by Gasteiger charge is 2.30. The number of nitrogens with zero attached hydrogens (tertiary/aromatic N) is 4. The number of carbonyl (C=O) groups is 1. The van der Waals surface area contributed by atoms with E-state index in [0.717, 1.165) is 11.4 Å². The second-order valence-corrected chi connectivity index (χ2v) is 7.55. The fourth-order valence-electron chi connectivity index (χ4n) is 3.22. The first kappa shape index (κ1) is 18.0. The van der Waals surface area contributed by atoms with Crippen LogP contribution in [0.1, 0.15) is 20.8 Å². The maximum atomic E-state index is 12.5. The van der Waals surface area contributed by atoms with Crippen LogP contribution in [0.15, 0.2) is 42.7 Å². The molecular weight excluding hydrogens is 332 g/mol. The molecule has 0 N–H and O–H groups in total. The van der Waals surface area contributed by atoms with Gasteiger partial charge in [-0.25, -0.2) is 0 Å². The molecule has 26 heavy (non-hydrogen) atoms. The number of carbonyl (C=O) groups excluding carboxylic acids is 1. The Balaban J connectivity index is 1.84. The molecule has 1 aromatic heterocycles. The zero-order chi connectivity index (χ0) is 18.9. The van der Waals surface area contributed by atoms with E-state index in [1.807, 2.05) is 54.8 Å².